The van der Waals surface area contributed by atoms with Gasteiger partial charge in [-0.15, -0.1) is 0 Å². The largest absolute Gasteiger partial charge is 0.508 e. The van der Waals surface area contributed by atoms with Crippen LogP contribution >= 0.6 is 0 Å². The lowest BCUT2D eigenvalue weighted by atomic mass is 10.1. The van der Waals surface area contributed by atoms with Gasteiger partial charge in [0.1, 0.15) is 21.4 Å². The van der Waals surface area contributed by atoms with E-state index in [9.17, 15) is 13.5 Å². The number of nitrogens with one attached hydrogen (secondary N) is 1. The second-order valence-corrected chi connectivity index (χ2v) is 6.73. The van der Waals surface area contributed by atoms with Crippen LogP contribution in [-0.2, 0) is 9.84 Å². The van der Waals surface area contributed by atoms with E-state index in [1.54, 1.807) is 18.3 Å². The Kier molecular flexibility index (Phi) is 3.90. The second kappa shape index (κ2) is 5.44. The standard InChI is InChI=1S/C13H16N2O3S/c1-19(17,18)8-2-6-14-13-12-9-11(16)4-3-10(12)5-7-15-13/h3-5,7,9,16H,2,6,8H2,1H3,(H,14,15). The highest BCUT2D eigenvalue weighted by Crippen LogP contribution is 2.24. The normalized spacial score (nSPS) is 11.6. The van der Waals surface area contributed by atoms with E-state index in [1.165, 1.54) is 6.26 Å². The van der Waals surface area contributed by atoms with Crippen LogP contribution in [0, 0.1) is 0 Å². The number of phenolic OH excluding ortho intramolecular Hbond substituents is 1. The Bertz CT molecular complexity index is 683. The van der Waals surface area contributed by atoms with Crippen molar-refractivity contribution in [2.24, 2.45) is 0 Å². The number of benzene rings is 1. The summed E-state index contributed by atoms with van der Waals surface area (Å²) in [5, 5.41) is 14.4. The Morgan fingerprint density at radius 1 is 1.32 bits per heavy atom. The van der Waals surface area contributed by atoms with Gasteiger partial charge in [-0.3, -0.25) is 0 Å². The van der Waals surface area contributed by atoms with E-state index in [-0.39, 0.29) is 11.5 Å². The van der Waals surface area contributed by atoms with E-state index in [1.807, 2.05) is 12.1 Å². The highest BCUT2D eigenvalue weighted by atomic mass is 32.2. The number of rotatable bonds is 5. The van der Waals surface area contributed by atoms with Crippen molar-refractivity contribution < 1.29 is 13.5 Å². The smallest absolute Gasteiger partial charge is 0.147 e. The molecule has 0 atom stereocenters. The fourth-order valence-corrected chi connectivity index (χ4v) is 2.51. The Balaban J connectivity index is 2.10. The van der Waals surface area contributed by atoms with Crippen molar-refractivity contribution in [2.45, 2.75) is 6.42 Å². The van der Waals surface area contributed by atoms with Crippen molar-refractivity contribution in [3.8, 4) is 5.75 Å². The number of hydrogen-bond acceptors (Lipinski definition) is 5. The maximum Gasteiger partial charge on any atom is 0.147 e. The van der Waals surface area contributed by atoms with Crippen molar-refractivity contribution in [1.82, 2.24) is 4.98 Å². The third-order valence-corrected chi connectivity index (χ3v) is 3.76. The lowest BCUT2D eigenvalue weighted by molar-refractivity contribution is 0.476. The maximum atomic E-state index is 11.0. The lowest BCUT2D eigenvalue weighted by Gasteiger charge is -2.08. The molecule has 0 aliphatic heterocycles. The van der Waals surface area contributed by atoms with Gasteiger partial charge in [-0.2, -0.15) is 0 Å². The van der Waals surface area contributed by atoms with Crippen molar-refractivity contribution in [1.29, 1.82) is 0 Å². The molecule has 19 heavy (non-hydrogen) atoms. The predicted molar refractivity (Wildman–Crippen MR) is 76.2 cm³/mol. The molecule has 0 fully saturated rings. The molecule has 1 aromatic carbocycles. The van der Waals surface area contributed by atoms with Crippen LogP contribution in [0.15, 0.2) is 30.5 Å². The van der Waals surface area contributed by atoms with Crippen molar-refractivity contribution in [3.05, 3.63) is 30.5 Å². The van der Waals surface area contributed by atoms with Gasteiger partial charge in [-0.1, -0.05) is 6.07 Å². The molecule has 0 spiro atoms. The van der Waals surface area contributed by atoms with Gasteiger partial charge in [0.15, 0.2) is 0 Å². The molecule has 0 amide bonds. The first-order valence-electron chi connectivity index (χ1n) is 5.95. The van der Waals surface area contributed by atoms with Crippen LogP contribution in [0.4, 0.5) is 5.82 Å². The van der Waals surface area contributed by atoms with Crippen LogP contribution in [0.1, 0.15) is 6.42 Å². The summed E-state index contributed by atoms with van der Waals surface area (Å²) in [5.41, 5.74) is 0. The molecule has 102 valence electrons. The van der Waals surface area contributed by atoms with Crippen LogP contribution in [0.3, 0.4) is 0 Å². The average Bonchev–Trinajstić information content (AvgIpc) is 2.33. The number of phenols is 1. The number of hydrogen-bond donors (Lipinski definition) is 2. The molecular formula is C13H16N2O3S. The van der Waals surface area contributed by atoms with E-state index in [2.05, 4.69) is 10.3 Å². The van der Waals surface area contributed by atoms with Crippen LogP contribution in [0.2, 0.25) is 0 Å². The fourth-order valence-electron chi connectivity index (χ4n) is 1.84. The van der Waals surface area contributed by atoms with Gasteiger partial charge in [0.2, 0.25) is 0 Å². The molecule has 2 aromatic rings. The molecule has 2 N–H and O–H groups in total. The monoisotopic (exact) mass is 280 g/mol. The minimum Gasteiger partial charge on any atom is -0.508 e. The zero-order chi connectivity index (χ0) is 13.9. The molecule has 0 bridgehead atoms. The number of sulfone groups is 1. The first-order valence-corrected chi connectivity index (χ1v) is 8.01. The summed E-state index contributed by atoms with van der Waals surface area (Å²) in [6.07, 6.45) is 3.43. The molecular weight excluding hydrogens is 264 g/mol. The highest BCUT2D eigenvalue weighted by Gasteiger charge is 2.04. The predicted octanol–water partition coefficient (Wildman–Crippen LogP) is 1.79. The Morgan fingerprint density at radius 3 is 2.84 bits per heavy atom. The Labute approximate surface area is 112 Å². The summed E-state index contributed by atoms with van der Waals surface area (Å²) in [7, 11) is -2.93. The van der Waals surface area contributed by atoms with E-state index < -0.39 is 9.84 Å². The summed E-state index contributed by atoms with van der Waals surface area (Å²) in [6.45, 7) is 0.523. The second-order valence-electron chi connectivity index (χ2n) is 4.48. The fraction of sp³-hybridized carbons (Fsp3) is 0.308. The third kappa shape index (κ3) is 3.82. The van der Waals surface area contributed by atoms with E-state index in [4.69, 9.17) is 0 Å². The van der Waals surface area contributed by atoms with Crippen LogP contribution in [-0.4, -0.2) is 37.1 Å². The molecule has 0 saturated carbocycles. The van der Waals surface area contributed by atoms with E-state index in [0.29, 0.717) is 18.8 Å². The quantitative estimate of drug-likeness (QED) is 0.816. The zero-order valence-corrected chi connectivity index (χ0v) is 11.4. The molecule has 0 radical (unpaired) electrons. The van der Waals surface area contributed by atoms with Gasteiger partial charge in [0.05, 0.1) is 5.75 Å². The SMILES string of the molecule is CS(=O)(=O)CCCNc1nccc2ccc(O)cc12. The summed E-state index contributed by atoms with van der Waals surface area (Å²) >= 11 is 0. The summed E-state index contributed by atoms with van der Waals surface area (Å²) in [6, 6.07) is 6.93. The number of nitrogens with zero attached hydrogens (tertiary/aromatic N) is 1. The van der Waals surface area contributed by atoms with Gasteiger partial charge in [-0.25, -0.2) is 13.4 Å². The molecule has 0 aliphatic carbocycles. The van der Waals surface area contributed by atoms with E-state index in [0.717, 1.165) is 10.8 Å². The number of fused-ring (bicyclic) bond motifs is 1. The molecule has 0 aliphatic rings. The minimum absolute atomic E-state index is 0.149. The third-order valence-electron chi connectivity index (χ3n) is 2.73. The molecule has 1 aromatic heterocycles. The van der Waals surface area contributed by atoms with Crippen LogP contribution in [0.5, 0.6) is 5.75 Å². The minimum atomic E-state index is -2.93. The highest BCUT2D eigenvalue weighted by molar-refractivity contribution is 7.90. The Hall–Kier alpha value is -1.82. The molecule has 2 rings (SSSR count). The van der Waals surface area contributed by atoms with Crippen LogP contribution in [0.25, 0.3) is 10.8 Å². The number of pyridine rings is 1. The molecule has 1 heterocycles. The van der Waals surface area contributed by atoms with Crippen molar-refractivity contribution >= 4 is 26.4 Å². The Morgan fingerprint density at radius 2 is 2.11 bits per heavy atom. The summed E-state index contributed by atoms with van der Waals surface area (Å²) < 4.78 is 22.0. The van der Waals surface area contributed by atoms with Gasteiger partial charge < -0.3 is 10.4 Å². The van der Waals surface area contributed by atoms with E-state index >= 15 is 0 Å². The van der Waals surface area contributed by atoms with Crippen LogP contribution < -0.4 is 5.32 Å². The summed E-state index contributed by atoms with van der Waals surface area (Å²) in [4.78, 5) is 4.21. The van der Waals surface area contributed by atoms with Crippen molar-refractivity contribution in [2.75, 3.05) is 23.9 Å². The van der Waals surface area contributed by atoms with Gasteiger partial charge in [-0.05, 0) is 30.0 Å². The maximum absolute atomic E-state index is 11.0. The first-order chi connectivity index (χ1) is 8.96. The number of aromatic nitrogens is 1. The van der Waals surface area contributed by atoms with Gasteiger partial charge >= 0.3 is 0 Å². The molecule has 5 nitrogen and oxygen atoms in total. The lowest BCUT2D eigenvalue weighted by Crippen LogP contribution is -2.10. The first kappa shape index (κ1) is 13.6. The number of aromatic hydroxyl groups is 1. The summed E-state index contributed by atoms with van der Waals surface area (Å²) in [5.74, 6) is 0.984. The number of anilines is 1. The average molecular weight is 280 g/mol. The van der Waals surface area contributed by atoms with Crippen molar-refractivity contribution in [3.63, 3.8) is 0 Å². The van der Waals surface area contributed by atoms with Gasteiger partial charge in [0.25, 0.3) is 0 Å². The molecule has 0 unspecified atom stereocenters. The molecule has 6 heteroatoms. The zero-order valence-electron chi connectivity index (χ0n) is 10.6. The van der Waals surface area contributed by atoms with Gasteiger partial charge in [0, 0.05) is 24.4 Å². The topological polar surface area (TPSA) is 79.3 Å². The molecule has 0 saturated heterocycles.